The lowest BCUT2D eigenvalue weighted by Crippen LogP contribution is -2.10. The Morgan fingerprint density at radius 3 is 3.11 bits per heavy atom. The van der Waals surface area contributed by atoms with Crippen LogP contribution in [0.5, 0.6) is 5.75 Å². The van der Waals surface area contributed by atoms with Gasteiger partial charge in [0, 0.05) is 41.8 Å². The summed E-state index contributed by atoms with van der Waals surface area (Å²) in [5, 5.41) is 4.46. The van der Waals surface area contributed by atoms with Crippen molar-refractivity contribution >= 4 is 10.9 Å². The van der Waals surface area contributed by atoms with E-state index in [1.54, 1.807) is 0 Å². The maximum Gasteiger partial charge on any atom is 0.120 e. The molecule has 1 aliphatic heterocycles. The van der Waals surface area contributed by atoms with Crippen molar-refractivity contribution in [3.05, 3.63) is 41.4 Å². The quantitative estimate of drug-likeness (QED) is 0.788. The first-order valence-electron chi connectivity index (χ1n) is 6.27. The average Bonchev–Trinajstić information content (AvgIpc) is 3.00. The highest BCUT2D eigenvalue weighted by Crippen LogP contribution is 2.29. The number of hydrogen-bond acceptors (Lipinski definition) is 3. The van der Waals surface area contributed by atoms with Crippen LogP contribution in [0.1, 0.15) is 11.3 Å². The maximum absolute atomic E-state index is 12.4. The van der Waals surface area contributed by atoms with Crippen LogP contribution in [0.4, 0.5) is 4.39 Å². The number of nitrogens with one attached hydrogen (secondary N) is 2. The van der Waals surface area contributed by atoms with Crippen molar-refractivity contribution in [2.45, 2.75) is 13.1 Å². The van der Waals surface area contributed by atoms with Crippen molar-refractivity contribution in [1.82, 2.24) is 10.3 Å². The highest BCUT2D eigenvalue weighted by molar-refractivity contribution is 5.86. The van der Waals surface area contributed by atoms with Gasteiger partial charge < -0.3 is 20.8 Å². The van der Waals surface area contributed by atoms with Crippen LogP contribution in [0, 0.1) is 0 Å². The van der Waals surface area contributed by atoms with E-state index in [1.807, 2.05) is 18.2 Å². The van der Waals surface area contributed by atoms with Crippen LogP contribution in [0.3, 0.4) is 0 Å². The summed E-state index contributed by atoms with van der Waals surface area (Å²) in [6, 6.07) is 5.86. The third-order valence-corrected chi connectivity index (χ3v) is 3.41. The largest absolute Gasteiger partial charge is 0.489 e. The molecule has 2 aromatic rings. The predicted molar refractivity (Wildman–Crippen MR) is 72.6 cm³/mol. The van der Waals surface area contributed by atoms with Crippen molar-refractivity contribution in [3.63, 3.8) is 0 Å². The molecule has 3 rings (SSSR count). The van der Waals surface area contributed by atoms with Crippen LogP contribution >= 0.6 is 0 Å². The number of H-pyrrole nitrogens is 1. The van der Waals surface area contributed by atoms with E-state index in [2.05, 4.69) is 10.3 Å². The Morgan fingerprint density at radius 2 is 2.32 bits per heavy atom. The lowest BCUT2D eigenvalue weighted by molar-refractivity contribution is 0.348. The SMILES string of the molecule is NC/C(=C/F)COc1ccc2[nH]c3c(c2c1)CNC3. The van der Waals surface area contributed by atoms with Gasteiger partial charge in [-0.15, -0.1) is 0 Å². The number of ether oxygens (including phenoxy) is 1. The van der Waals surface area contributed by atoms with Gasteiger partial charge in [-0.05, 0) is 23.8 Å². The van der Waals surface area contributed by atoms with Crippen LogP contribution < -0.4 is 15.8 Å². The average molecular weight is 261 g/mol. The van der Waals surface area contributed by atoms with Gasteiger partial charge in [-0.3, -0.25) is 0 Å². The molecule has 0 amide bonds. The van der Waals surface area contributed by atoms with E-state index in [9.17, 15) is 4.39 Å². The smallest absolute Gasteiger partial charge is 0.120 e. The van der Waals surface area contributed by atoms with Gasteiger partial charge in [0.05, 0.1) is 6.33 Å². The number of aromatic amines is 1. The molecule has 4 nitrogen and oxygen atoms in total. The Labute approximate surface area is 110 Å². The van der Waals surface area contributed by atoms with Gasteiger partial charge in [-0.1, -0.05) is 0 Å². The number of benzene rings is 1. The molecule has 1 aromatic carbocycles. The molecule has 19 heavy (non-hydrogen) atoms. The molecular formula is C14H16FN3O. The maximum atomic E-state index is 12.4. The van der Waals surface area contributed by atoms with E-state index in [4.69, 9.17) is 10.5 Å². The molecule has 4 N–H and O–H groups in total. The normalized spacial score (nSPS) is 14.9. The minimum Gasteiger partial charge on any atom is -0.489 e. The molecule has 0 fully saturated rings. The zero-order valence-corrected chi connectivity index (χ0v) is 10.5. The summed E-state index contributed by atoms with van der Waals surface area (Å²) in [5.41, 5.74) is 9.48. The van der Waals surface area contributed by atoms with Crippen molar-refractivity contribution in [1.29, 1.82) is 0 Å². The van der Waals surface area contributed by atoms with Crippen LogP contribution in [-0.2, 0) is 13.1 Å². The second-order valence-electron chi connectivity index (χ2n) is 4.65. The van der Waals surface area contributed by atoms with Crippen LogP contribution in [0.25, 0.3) is 10.9 Å². The van der Waals surface area contributed by atoms with Gasteiger partial charge in [0.2, 0.25) is 0 Å². The molecule has 0 saturated heterocycles. The molecule has 2 heterocycles. The molecule has 100 valence electrons. The number of halogens is 1. The molecule has 0 atom stereocenters. The number of rotatable bonds is 4. The summed E-state index contributed by atoms with van der Waals surface area (Å²) in [5.74, 6) is 0.731. The molecule has 0 saturated carbocycles. The van der Waals surface area contributed by atoms with E-state index in [-0.39, 0.29) is 13.2 Å². The number of nitrogens with two attached hydrogens (primary N) is 1. The zero-order valence-electron chi connectivity index (χ0n) is 10.5. The summed E-state index contributed by atoms with van der Waals surface area (Å²) in [4.78, 5) is 3.38. The fourth-order valence-corrected chi connectivity index (χ4v) is 2.35. The molecule has 0 aliphatic carbocycles. The number of hydrogen-bond donors (Lipinski definition) is 3. The molecule has 5 heteroatoms. The van der Waals surface area contributed by atoms with E-state index < -0.39 is 0 Å². The summed E-state index contributed by atoms with van der Waals surface area (Å²) in [6.07, 6.45) is 0.510. The van der Waals surface area contributed by atoms with Crippen molar-refractivity contribution in [2.75, 3.05) is 13.2 Å². The van der Waals surface area contributed by atoms with Crippen molar-refractivity contribution in [3.8, 4) is 5.75 Å². The van der Waals surface area contributed by atoms with Crippen LogP contribution in [0.15, 0.2) is 30.1 Å². The first-order chi connectivity index (χ1) is 9.31. The number of fused-ring (bicyclic) bond motifs is 3. The Hall–Kier alpha value is -1.85. The van der Waals surface area contributed by atoms with E-state index in [1.165, 1.54) is 11.3 Å². The predicted octanol–water partition coefficient (Wildman–Crippen LogP) is 1.96. The molecule has 0 spiro atoms. The van der Waals surface area contributed by atoms with Gasteiger partial charge in [0.1, 0.15) is 12.4 Å². The highest BCUT2D eigenvalue weighted by atomic mass is 19.1. The van der Waals surface area contributed by atoms with Gasteiger partial charge >= 0.3 is 0 Å². The first-order valence-corrected chi connectivity index (χ1v) is 6.27. The molecule has 0 radical (unpaired) electrons. The zero-order chi connectivity index (χ0) is 13.2. The fraction of sp³-hybridized carbons (Fsp3) is 0.286. The second kappa shape index (κ2) is 5.03. The van der Waals surface area contributed by atoms with Gasteiger partial charge in [-0.25, -0.2) is 4.39 Å². The molecular weight excluding hydrogens is 245 g/mol. The summed E-state index contributed by atoms with van der Waals surface area (Å²) in [6.45, 7) is 2.10. The summed E-state index contributed by atoms with van der Waals surface area (Å²) >= 11 is 0. The Bertz CT molecular complexity index is 633. The van der Waals surface area contributed by atoms with Gasteiger partial charge in [0.15, 0.2) is 0 Å². The van der Waals surface area contributed by atoms with Crippen molar-refractivity contribution in [2.24, 2.45) is 5.73 Å². The Morgan fingerprint density at radius 1 is 1.42 bits per heavy atom. The number of aromatic nitrogens is 1. The third kappa shape index (κ3) is 2.22. The highest BCUT2D eigenvalue weighted by Gasteiger charge is 2.16. The van der Waals surface area contributed by atoms with E-state index in [0.29, 0.717) is 11.9 Å². The molecule has 0 unspecified atom stereocenters. The second-order valence-corrected chi connectivity index (χ2v) is 4.65. The minimum absolute atomic E-state index is 0.169. The van der Waals surface area contributed by atoms with E-state index >= 15 is 0 Å². The lowest BCUT2D eigenvalue weighted by atomic mass is 10.1. The third-order valence-electron chi connectivity index (χ3n) is 3.41. The Kier molecular flexibility index (Phi) is 3.23. The van der Waals surface area contributed by atoms with Crippen LogP contribution in [-0.4, -0.2) is 18.1 Å². The van der Waals surface area contributed by atoms with E-state index in [0.717, 1.165) is 29.7 Å². The monoisotopic (exact) mass is 261 g/mol. The lowest BCUT2D eigenvalue weighted by Gasteiger charge is -2.07. The molecule has 1 aromatic heterocycles. The molecule has 0 bridgehead atoms. The fourth-order valence-electron chi connectivity index (χ4n) is 2.35. The minimum atomic E-state index is 0.169. The molecule has 1 aliphatic rings. The summed E-state index contributed by atoms with van der Waals surface area (Å²) in [7, 11) is 0. The first kappa shape index (κ1) is 12.2. The van der Waals surface area contributed by atoms with Gasteiger partial charge in [-0.2, -0.15) is 0 Å². The standard InChI is InChI=1S/C14H16FN3O/c15-4-9(5-16)8-19-10-1-2-13-11(3-10)12-6-17-7-14(12)18-13/h1-4,17-18H,5-8,16H2/b9-4-. The van der Waals surface area contributed by atoms with Crippen LogP contribution in [0.2, 0.25) is 0 Å². The van der Waals surface area contributed by atoms with Crippen molar-refractivity contribution < 1.29 is 9.13 Å². The topological polar surface area (TPSA) is 63.1 Å². The Balaban J connectivity index is 1.85. The summed E-state index contributed by atoms with van der Waals surface area (Å²) < 4.78 is 18.0. The van der Waals surface area contributed by atoms with Gasteiger partial charge in [0.25, 0.3) is 0 Å².